The third kappa shape index (κ3) is 1.79. The van der Waals surface area contributed by atoms with Crippen LogP contribution in [-0.4, -0.2) is 11.0 Å². The van der Waals surface area contributed by atoms with Crippen molar-refractivity contribution in [2.24, 2.45) is 5.73 Å². The Kier molecular flexibility index (Phi) is 2.12. The summed E-state index contributed by atoms with van der Waals surface area (Å²) in [4.78, 5) is 23.9. The first-order chi connectivity index (χ1) is 7.06. The minimum absolute atomic E-state index is 0.240. The second-order valence-electron chi connectivity index (χ2n) is 2.83. The average molecular weight is 228 g/mol. The Morgan fingerprint density at radius 1 is 1.53 bits per heavy atom. The lowest BCUT2D eigenvalue weighted by molar-refractivity contribution is 0.259. The van der Waals surface area contributed by atoms with Crippen molar-refractivity contribution in [2.45, 2.75) is 0 Å². The Hall–Kier alpha value is -1.95. The number of halogens is 1. The number of primary amides is 1. The Bertz CT molecular complexity index is 586. The molecule has 2 rings (SSSR count). The van der Waals surface area contributed by atoms with Gasteiger partial charge in [-0.3, -0.25) is 4.98 Å². The zero-order valence-electron chi connectivity index (χ0n) is 7.33. The second-order valence-corrected chi connectivity index (χ2v) is 3.24. The van der Waals surface area contributed by atoms with Crippen LogP contribution in [0.3, 0.4) is 0 Å². The summed E-state index contributed by atoms with van der Waals surface area (Å²) in [7, 11) is 0. The van der Waals surface area contributed by atoms with E-state index in [1.165, 1.54) is 12.1 Å². The molecule has 2 aromatic rings. The largest absolute Gasteiger partial charge is 0.417 e. The minimum Gasteiger partial charge on any atom is -0.408 e. The molecule has 0 aliphatic rings. The zero-order valence-corrected chi connectivity index (χ0v) is 8.09. The molecule has 0 saturated heterocycles. The van der Waals surface area contributed by atoms with Gasteiger partial charge in [0, 0.05) is 6.07 Å². The van der Waals surface area contributed by atoms with Gasteiger partial charge in [-0.25, -0.2) is 9.59 Å². The molecule has 0 saturated carbocycles. The number of anilines is 1. The number of carbonyl (C=O) groups excluding carboxylic acids is 1. The van der Waals surface area contributed by atoms with Gasteiger partial charge in [-0.1, -0.05) is 11.6 Å². The summed E-state index contributed by atoms with van der Waals surface area (Å²) in [6.45, 7) is 0. The number of fused-ring (bicyclic) bond motifs is 1. The number of H-pyrrole nitrogens is 1. The number of urea groups is 1. The molecule has 0 unspecified atom stereocenters. The van der Waals surface area contributed by atoms with E-state index in [0.717, 1.165) is 0 Å². The van der Waals surface area contributed by atoms with Gasteiger partial charge in [-0.15, -0.1) is 0 Å². The van der Waals surface area contributed by atoms with E-state index in [1.54, 1.807) is 0 Å². The van der Waals surface area contributed by atoms with Crippen molar-refractivity contribution in [3.8, 4) is 0 Å². The van der Waals surface area contributed by atoms with E-state index >= 15 is 0 Å². The Morgan fingerprint density at radius 2 is 2.27 bits per heavy atom. The van der Waals surface area contributed by atoms with Gasteiger partial charge in [0.2, 0.25) is 0 Å². The monoisotopic (exact) mass is 227 g/mol. The SMILES string of the molecule is NC(=O)Nc1cc2[nH]c(=O)oc2cc1Cl. The molecule has 0 aliphatic heterocycles. The number of carbonyl (C=O) groups is 1. The third-order valence-corrected chi connectivity index (χ3v) is 2.08. The molecule has 2 amide bonds. The number of benzene rings is 1. The Balaban J connectivity index is 2.60. The van der Waals surface area contributed by atoms with E-state index in [-0.39, 0.29) is 5.02 Å². The van der Waals surface area contributed by atoms with E-state index < -0.39 is 11.8 Å². The summed E-state index contributed by atoms with van der Waals surface area (Å²) >= 11 is 5.81. The first-order valence-electron chi connectivity index (χ1n) is 3.95. The van der Waals surface area contributed by atoms with Crippen LogP contribution in [0.5, 0.6) is 0 Å². The predicted octanol–water partition coefficient (Wildman–Crippen LogP) is 1.27. The van der Waals surface area contributed by atoms with Gasteiger partial charge in [0.05, 0.1) is 16.2 Å². The first-order valence-corrected chi connectivity index (χ1v) is 4.33. The topological polar surface area (TPSA) is 101 Å². The van der Waals surface area contributed by atoms with E-state index in [1.807, 2.05) is 0 Å². The molecule has 7 heteroatoms. The van der Waals surface area contributed by atoms with Crippen molar-refractivity contribution in [1.82, 2.24) is 4.98 Å². The molecular formula is C8H6ClN3O3. The minimum atomic E-state index is -0.734. The number of oxazole rings is 1. The highest BCUT2D eigenvalue weighted by atomic mass is 35.5. The van der Waals surface area contributed by atoms with Crippen LogP contribution in [-0.2, 0) is 0 Å². The molecule has 1 heterocycles. The van der Waals surface area contributed by atoms with Crippen molar-refractivity contribution in [3.63, 3.8) is 0 Å². The molecule has 0 atom stereocenters. The number of nitrogens with two attached hydrogens (primary N) is 1. The van der Waals surface area contributed by atoms with Gasteiger partial charge in [0.1, 0.15) is 0 Å². The van der Waals surface area contributed by atoms with Crippen LogP contribution in [0.4, 0.5) is 10.5 Å². The highest BCUT2D eigenvalue weighted by Gasteiger charge is 2.08. The maximum atomic E-state index is 10.9. The van der Waals surface area contributed by atoms with Crippen molar-refractivity contribution < 1.29 is 9.21 Å². The van der Waals surface area contributed by atoms with Gasteiger partial charge in [0.15, 0.2) is 5.58 Å². The molecule has 4 N–H and O–H groups in total. The van der Waals surface area contributed by atoms with Gasteiger partial charge >= 0.3 is 11.8 Å². The summed E-state index contributed by atoms with van der Waals surface area (Å²) in [5.41, 5.74) is 6.01. The van der Waals surface area contributed by atoms with E-state index in [2.05, 4.69) is 10.3 Å². The molecule has 0 radical (unpaired) electrons. The lowest BCUT2D eigenvalue weighted by Crippen LogP contribution is -2.19. The van der Waals surface area contributed by atoms with Crippen LogP contribution in [0.1, 0.15) is 0 Å². The van der Waals surface area contributed by atoms with Crippen LogP contribution in [0.25, 0.3) is 11.1 Å². The molecule has 15 heavy (non-hydrogen) atoms. The molecule has 1 aromatic heterocycles. The predicted molar refractivity (Wildman–Crippen MR) is 55.1 cm³/mol. The Morgan fingerprint density at radius 3 is 2.93 bits per heavy atom. The summed E-state index contributed by atoms with van der Waals surface area (Å²) in [5.74, 6) is -0.586. The number of rotatable bonds is 1. The van der Waals surface area contributed by atoms with Gasteiger partial charge in [0.25, 0.3) is 0 Å². The Labute approximate surface area is 88.0 Å². The fourth-order valence-electron chi connectivity index (χ4n) is 1.20. The van der Waals surface area contributed by atoms with Crippen LogP contribution in [0.2, 0.25) is 5.02 Å². The molecule has 0 bridgehead atoms. The maximum Gasteiger partial charge on any atom is 0.417 e. The van der Waals surface area contributed by atoms with Gasteiger partial charge in [-0.2, -0.15) is 0 Å². The van der Waals surface area contributed by atoms with Crippen molar-refractivity contribution in [1.29, 1.82) is 0 Å². The maximum absolute atomic E-state index is 10.9. The van der Waals surface area contributed by atoms with Gasteiger partial charge in [-0.05, 0) is 6.07 Å². The van der Waals surface area contributed by atoms with E-state index in [0.29, 0.717) is 16.8 Å². The number of aromatic amines is 1. The molecule has 0 fully saturated rings. The fourth-order valence-corrected chi connectivity index (χ4v) is 1.40. The van der Waals surface area contributed by atoms with E-state index in [4.69, 9.17) is 21.8 Å². The van der Waals surface area contributed by atoms with E-state index in [9.17, 15) is 9.59 Å². The second kappa shape index (κ2) is 3.32. The third-order valence-electron chi connectivity index (χ3n) is 1.77. The quantitative estimate of drug-likeness (QED) is 0.684. The molecule has 0 aliphatic carbocycles. The molecule has 1 aromatic carbocycles. The highest BCUT2D eigenvalue weighted by Crippen LogP contribution is 2.26. The summed E-state index contributed by atoms with van der Waals surface area (Å²) in [6, 6.07) is 2.15. The lowest BCUT2D eigenvalue weighted by atomic mass is 10.3. The molecular weight excluding hydrogens is 222 g/mol. The van der Waals surface area contributed by atoms with Crippen LogP contribution >= 0.6 is 11.6 Å². The smallest absolute Gasteiger partial charge is 0.408 e. The number of amides is 2. The van der Waals surface area contributed by atoms with Crippen molar-refractivity contribution >= 4 is 34.4 Å². The average Bonchev–Trinajstić information content (AvgIpc) is 2.44. The summed E-state index contributed by atoms with van der Waals surface area (Å²) in [6.07, 6.45) is 0. The summed E-state index contributed by atoms with van der Waals surface area (Å²) in [5, 5.41) is 2.56. The summed E-state index contributed by atoms with van der Waals surface area (Å²) < 4.78 is 4.77. The molecule has 78 valence electrons. The number of hydrogen-bond acceptors (Lipinski definition) is 3. The van der Waals surface area contributed by atoms with Gasteiger partial charge < -0.3 is 15.5 Å². The number of nitrogens with one attached hydrogen (secondary N) is 2. The normalized spacial score (nSPS) is 10.5. The number of hydrogen-bond donors (Lipinski definition) is 3. The zero-order chi connectivity index (χ0) is 11.0. The van der Waals surface area contributed by atoms with Crippen molar-refractivity contribution in [3.05, 3.63) is 27.7 Å². The van der Waals surface area contributed by atoms with Crippen LogP contribution < -0.4 is 16.8 Å². The van der Waals surface area contributed by atoms with Crippen molar-refractivity contribution in [2.75, 3.05) is 5.32 Å². The highest BCUT2D eigenvalue weighted by molar-refractivity contribution is 6.34. The van der Waals surface area contributed by atoms with Crippen LogP contribution in [0.15, 0.2) is 21.3 Å². The van der Waals surface area contributed by atoms with Crippen LogP contribution in [0, 0.1) is 0 Å². The number of aromatic nitrogens is 1. The lowest BCUT2D eigenvalue weighted by Gasteiger charge is -2.03. The molecule has 0 spiro atoms. The first kappa shape index (κ1) is 9.60. The molecule has 6 nitrogen and oxygen atoms in total. The fraction of sp³-hybridized carbons (Fsp3) is 0. The standard InChI is InChI=1S/C8H6ClN3O3/c9-3-1-6-5(12-8(14)15-6)2-4(3)11-7(10)13/h1-2H,(H,12,14)(H3,10,11,13).